The Morgan fingerprint density at radius 1 is 1.03 bits per heavy atom. The lowest BCUT2D eigenvalue weighted by molar-refractivity contribution is -0.136. The topological polar surface area (TPSA) is 66.0 Å². The Kier molecular flexibility index (Phi) is 7.42. The third-order valence-electron chi connectivity index (χ3n) is 4.54. The molecular weight excluding hydrogens is 397 g/mol. The highest BCUT2D eigenvalue weighted by atomic mass is 19.4. The van der Waals surface area contributed by atoms with E-state index in [4.69, 9.17) is 4.74 Å². The number of halogens is 3. The number of nitrogens with one attached hydrogen (secondary N) is 2. The molecule has 2 N–H and O–H groups in total. The van der Waals surface area contributed by atoms with Crippen molar-refractivity contribution in [2.75, 3.05) is 44.7 Å². The zero-order chi connectivity index (χ0) is 21.4. The maximum absolute atomic E-state index is 13.3. The minimum Gasteiger partial charge on any atom is -0.379 e. The number of guanidine groups is 1. The van der Waals surface area contributed by atoms with Crippen molar-refractivity contribution >= 4 is 17.6 Å². The monoisotopic (exact) mass is 420 g/mol. The second-order valence-corrected chi connectivity index (χ2v) is 6.67. The van der Waals surface area contributed by atoms with E-state index in [0.29, 0.717) is 31.9 Å². The fourth-order valence-electron chi connectivity index (χ4n) is 2.97. The fraction of sp³-hybridized carbons (Fsp3) is 0.333. The molecule has 0 aromatic heterocycles. The number of hydrogen-bond acceptors (Lipinski definition) is 4. The number of hydrogen-bond donors (Lipinski definition) is 2. The molecule has 2 aromatic rings. The highest BCUT2D eigenvalue weighted by molar-refractivity contribution is 6.10. The van der Waals surface area contributed by atoms with E-state index in [1.165, 1.54) is 18.2 Å². The molecule has 0 radical (unpaired) electrons. The molecule has 9 heteroatoms. The van der Waals surface area contributed by atoms with E-state index in [9.17, 15) is 18.0 Å². The van der Waals surface area contributed by atoms with Crippen molar-refractivity contribution in [3.05, 3.63) is 65.7 Å². The first-order chi connectivity index (χ1) is 14.4. The quantitative estimate of drug-likeness (QED) is 0.576. The van der Waals surface area contributed by atoms with Crippen LogP contribution in [0.5, 0.6) is 0 Å². The van der Waals surface area contributed by atoms with Crippen molar-refractivity contribution < 1.29 is 22.7 Å². The van der Waals surface area contributed by atoms with Crippen LogP contribution in [0.4, 0.5) is 18.9 Å². The Balaban J connectivity index is 1.76. The first kappa shape index (κ1) is 21.8. The van der Waals surface area contributed by atoms with Crippen LogP contribution in [-0.2, 0) is 10.9 Å². The Labute approximate surface area is 172 Å². The smallest absolute Gasteiger partial charge is 0.379 e. The zero-order valence-electron chi connectivity index (χ0n) is 16.3. The van der Waals surface area contributed by atoms with Gasteiger partial charge in [0.2, 0.25) is 5.96 Å². The second kappa shape index (κ2) is 10.2. The lowest BCUT2D eigenvalue weighted by atomic mass is 10.1. The molecule has 30 heavy (non-hydrogen) atoms. The third kappa shape index (κ3) is 6.30. The average molecular weight is 420 g/mol. The van der Waals surface area contributed by atoms with Gasteiger partial charge in [-0.1, -0.05) is 30.3 Å². The number of anilines is 1. The molecule has 6 nitrogen and oxygen atoms in total. The van der Waals surface area contributed by atoms with Crippen molar-refractivity contribution in [3.63, 3.8) is 0 Å². The molecule has 0 aliphatic carbocycles. The van der Waals surface area contributed by atoms with E-state index in [1.54, 1.807) is 30.3 Å². The number of amides is 1. The van der Waals surface area contributed by atoms with Gasteiger partial charge in [0.1, 0.15) is 0 Å². The highest BCUT2D eigenvalue weighted by Crippen LogP contribution is 2.34. The Morgan fingerprint density at radius 2 is 1.70 bits per heavy atom. The second-order valence-electron chi connectivity index (χ2n) is 6.67. The van der Waals surface area contributed by atoms with Crippen LogP contribution in [0, 0.1) is 0 Å². The van der Waals surface area contributed by atoms with Crippen LogP contribution in [0.3, 0.4) is 0 Å². The van der Waals surface area contributed by atoms with E-state index in [0.717, 1.165) is 19.2 Å². The number of aliphatic imine (C=N–C) groups is 1. The average Bonchev–Trinajstić information content (AvgIpc) is 2.74. The molecule has 3 rings (SSSR count). The summed E-state index contributed by atoms with van der Waals surface area (Å²) in [7, 11) is 0. The molecule has 0 spiro atoms. The van der Waals surface area contributed by atoms with Gasteiger partial charge < -0.3 is 10.1 Å². The normalized spacial score (nSPS) is 15.6. The van der Waals surface area contributed by atoms with Crippen LogP contribution in [0.25, 0.3) is 0 Å². The van der Waals surface area contributed by atoms with Gasteiger partial charge in [-0.2, -0.15) is 13.2 Å². The van der Waals surface area contributed by atoms with Gasteiger partial charge in [-0.3, -0.25) is 20.0 Å². The number of para-hydroxylation sites is 1. The summed E-state index contributed by atoms with van der Waals surface area (Å²) in [6, 6.07) is 13.5. The Bertz CT molecular complexity index is 866. The summed E-state index contributed by atoms with van der Waals surface area (Å²) in [6.45, 7) is 3.73. The summed E-state index contributed by atoms with van der Waals surface area (Å²) in [5.74, 6) is -0.494. The van der Waals surface area contributed by atoms with Crippen molar-refractivity contribution in [3.8, 4) is 0 Å². The number of benzene rings is 2. The number of alkyl halides is 3. The van der Waals surface area contributed by atoms with Crippen LogP contribution in [0.15, 0.2) is 59.6 Å². The van der Waals surface area contributed by atoms with Gasteiger partial charge in [0.25, 0.3) is 5.91 Å². The van der Waals surface area contributed by atoms with Crippen LogP contribution in [0.1, 0.15) is 15.9 Å². The van der Waals surface area contributed by atoms with Gasteiger partial charge in [-0.15, -0.1) is 0 Å². The predicted octanol–water partition coefficient (Wildman–Crippen LogP) is 3.24. The van der Waals surface area contributed by atoms with Crippen LogP contribution >= 0.6 is 0 Å². The van der Waals surface area contributed by atoms with E-state index < -0.39 is 17.6 Å². The molecule has 1 fully saturated rings. The number of ether oxygens (including phenoxy) is 1. The maximum atomic E-state index is 13.3. The van der Waals surface area contributed by atoms with Crippen molar-refractivity contribution in [2.45, 2.75) is 6.18 Å². The van der Waals surface area contributed by atoms with Crippen molar-refractivity contribution in [1.29, 1.82) is 0 Å². The summed E-state index contributed by atoms with van der Waals surface area (Å²) in [5.41, 5.74) is -0.632. The number of morpholine rings is 1. The minimum atomic E-state index is -4.54. The molecule has 1 heterocycles. The molecule has 160 valence electrons. The maximum Gasteiger partial charge on any atom is 0.418 e. The van der Waals surface area contributed by atoms with Crippen molar-refractivity contribution in [1.82, 2.24) is 10.2 Å². The molecule has 0 saturated carbocycles. The van der Waals surface area contributed by atoms with E-state index >= 15 is 0 Å². The van der Waals surface area contributed by atoms with Gasteiger partial charge in [-0.25, -0.2) is 0 Å². The molecule has 0 bridgehead atoms. The largest absolute Gasteiger partial charge is 0.418 e. The Morgan fingerprint density at radius 3 is 2.40 bits per heavy atom. The molecule has 0 atom stereocenters. The van der Waals surface area contributed by atoms with Gasteiger partial charge in [0.05, 0.1) is 31.0 Å². The summed E-state index contributed by atoms with van der Waals surface area (Å²) in [5, 5.41) is 5.23. The molecular formula is C21H23F3N4O2. The lowest BCUT2D eigenvalue weighted by Gasteiger charge is -2.25. The number of nitrogens with zero attached hydrogens (tertiary/aromatic N) is 2. The van der Waals surface area contributed by atoms with Gasteiger partial charge >= 0.3 is 6.18 Å². The summed E-state index contributed by atoms with van der Waals surface area (Å²) >= 11 is 0. The molecule has 1 saturated heterocycles. The molecule has 1 aliphatic rings. The standard InChI is InChI=1S/C21H23F3N4O2/c22-21(23,24)17-8-4-5-9-18(17)26-20(25-10-11-28-12-14-30-15-13-28)27-19(29)16-6-2-1-3-7-16/h1-9H,10-15H2,(H2,25,26,27,29). The van der Waals surface area contributed by atoms with Gasteiger partial charge in [0.15, 0.2) is 0 Å². The zero-order valence-corrected chi connectivity index (χ0v) is 16.3. The molecule has 2 aromatic carbocycles. The summed E-state index contributed by atoms with van der Waals surface area (Å²) in [4.78, 5) is 19.0. The first-order valence-corrected chi connectivity index (χ1v) is 9.57. The summed E-state index contributed by atoms with van der Waals surface area (Å²) < 4.78 is 45.3. The predicted molar refractivity (Wildman–Crippen MR) is 109 cm³/mol. The van der Waals surface area contributed by atoms with E-state index in [-0.39, 0.29) is 11.6 Å². The minimum absolute atomic E-state index is 0.0335. The van der Waals surface area contributed by atoms with E-state index in [2.05, 4.69) is 20.5 Å². The van der Waals surface area contributed by atoms with Gasteiger partial charge in [0, 0.05) is 25.2 Å². The molecule has 0 unspecified atom stereocenters. The third-order valence-corrected chi connectivity index (χ3v) is 4.54. The highest BCUT2D eigenvalue weighted by Gasteiger charge is 2.33. The molecule has 1 aliphatic heterocycles. The number of rotatable bonds is 5. The summed E-state index contributed by atoms with van der Waals surface area (Å²) in [6.07, 6.45) is -4.54. The SMILES string of the molecule is O=C(NC(=NCCN1CCOCC1)Nc1ccccc1C(F)(F)F)c1ccccc1. The number of carbonyl (C=O) groups excluding carboxylic acids is 1. The van der Waals surface area contributed by atoms with Crippen LogP contribution in [0.2, 0.25) is 0 Å². The Hall–Kier alpha value is -2.91. The van der Waals surface area contributed by atoms with E-state index in [1.807, 2.05) is 0 Å². The first-order valence-electron chi connectivity index (χ1n) is 9.57. The van der Waals surface area contributed by atoms with Crippen LogP contribution in [-0.4, -0.2) is 56.2 Å². The number of carbonyl (C=O) groups is 1. The fourth-order valence-corrected chi connectivity index (χ4v) is 2.97. The van der Waals surface area contributed by atoms with Crippen molar-refractivity contribution in [2.24, 2.45) is 4.99 Å². The lowest BCUT2D eigenvalue weighted by Crippen LogP contribution is -2.39. The molecule has 1 amide bonds. The van der Waals surface area contributed by atoms with Crippen LogP contribution < -0.4 is 10.6 Å². The van der Waals surface area contributed by atoms with Gasteiger partial charge in [-0.05, 0) is 24.3 Å².